The Hall–Kier alpha value is -1.96. The fraction of sp³-hybridized carbons (Fsp3) is 0.500. The van der Waals surface area contributed by atoms with Crippen LogP contribution in [-0.2, 0) is 0 Å². The first-order valence-electron chi connectivity index (χ1n) is 10.5. The van der Waals surface area contributed by atoms with E-state index in [9.17, 15) is 0 Å². The van der Waals surface area contributed by atoms with Crippen LogP contribution in [0.2, 0.25) is 0 Å². The molecule has 0 saturated heterocycles. The van der Waals surface area contributed by atoms with Crippen molar-refractivity contribution >= 4 is 11.4 Å². The van der Waals surface area contributed by atoms with Crippen LogP contribution in [0.1, 0.15) is 65.2 Å². The van der Waals surface area contributed by atoms with E-state index < -0.39 is 0 Å². The molecule has 0 unspecified atom stereocenters. The highest BCUT2D eigenvalue weighted by Crippen LogP contribution is 2.23. The van der Waals surface area contributed by atoms with Gasteiger partial charge in [0.1, 0.15) is 0 Å². The standard InChI is InChI=1S/C24H36N2/c1-3-5-7-9-19-25-23-15-11-21(12-16-23)22-13-17-24(18-14-22)26-20-10-8-6-4-2/h11-18,25-26H,3-10,19-20H2,1-2H3. The first kappa shape index (κ1) is 20.4. The normalized spacial score (nSPS) is 10.7. The monoisotopic (exact) mass is 352 g/mol. The van der Waals surface area contributed by atoms with Gasteiger partial charge in [-0.15, -0.1) is 0 Å². The summed E-state index contributed by atoms with van der Waals surface area (Å²) in [4.78, 5) is 0. The summed E-state index contributed by atoms with van der Waals surface area (Å²) < 4.78 is 0. The van der Waals surface area contributed by atoms with Crippen molar-refractivity contribution in [3.8, 4) is 11.1 Å². The molecule has 0 spiro atoms. The lowest BCUT2D eigenvalue weighted by atomic mass is 10.0. The highest BCUT2D eigenvalue weighted by Gasteiger charge is 1.99. The van der Waals surface area contributed by atoms with Crippen molar-refractivity contribution in [3.05, 3.63) is 48.5 Å². The summed E-state index contributed by atoms with van der Waals surface area (Å²) in [6.45, 7) is 6.64. The second-order valence-corrected chi connectivity index (χ2v) is 7.13. The van der Waals surface area contributed by atoms with E-state index >= 15 is 0 Å². The van der Waals surface area contributed by atoms with Crippen LogP contribution < -0.4 is 10.6 Å². The van der Waals surface area contributed by atoms with Gasteiger partial charge in [0.15, 0.2) is 0 Å². The van der Waals surface area contributed by atoms with Gasteiger partial charge in [-0.05, 0) is 48.2 Å². The van der Waals surface area contributed by atoms with Crippen molar-refractivity contribution in [2.45, 2.75) is 65.2 Å². The second-order valence-electron chi connectivity index (χ2n) is 7.13. The molecule has 26 heavy (non-hydrogen) atoms. The molecule has 0 radical (unpaired) electrons. The van der Waals surface area contributed by atoms with Crippen LogP contribution >= 0.6 is 0 Å². The Labute approximate surface area is 160 Å². The molecule has 0 saturated carbocycles. The molecule has 142 valence electrons. The molecule has 2 aromatic rings. The van der Waals surface area contributed by atoms with E-state index in [2.05, 4.69) is 73.0 Å². The summed E-state index contributed by atoms with van der Waals surface area (Å²) in [5, 5.41) is 7.04. The predicted octanol–water partition coefficient (Wildman–Crippen LogP) is 7.34. The minimum Gasteiger partial charge on any atom is -0.385 e. The highest BCUT2D eigenvalue weighted by molar-refractivity contribution is 5.68. The third-order valence-electron chi connectivity index (χ3n) is 4.82. The molecule has 2 heteroatoms. The van der Waals surface area contributed by atoms with Crippen molar-refractivity contribution in [2.75, 3.05) is 23.7 Å². The zero-order valence-electron chi connectivity index (χ0n) is 16.7. The summed E-state index contributed by atoms with van der Waals surface area (Å²) in [6, 6.07) is 17.6. The average molecular weight is 353 g/mol. The minimum absolute atomic E-state index is 1.07. The predicted molar refractivity (Wildman–Crippen MR) is 117 cm³/mol. The fourth-order valence-electron chi connectivity index (χ4n) is 3.13. The van der Waals surface area contributed by atoms with Gasteiger partial charge in [0, 0.05) is 24.5 Å². The van der Waals surface area contributed by atoms with Crippen LogP contribution in [0.15, 0.2) is 48.5 Å². The molecule has 0 bridgehead atoms. The molecule has 2 nitrogen and oxygen atoms in total. The van der Waals surface area contributed by atoms with Crippen LogP contribution in [0.5, 0.6) is 0 Å². The maximum absolute atomic E-state index is 3.52. The maximum atomic E-state index is 3.52. The van der Waals surface area contributed by atoms with E-state index in [4.69, 9.17) is 0 Å². The average Bonchev–Trinajstić information content (AvgIpc) is 2.69. The van der Waals surface area contributed by atoms with Crippen molar-refractivity contribution in [1.29, 1.82) is 0 Å². The van der Waals surface area contributed by atoms with Gasteiger partial charge in [-0.25, -0.2) is 0 Å². The summed E-state index contributed by atoms with van der Waals surface area (Å²) in [5.74, 6) is 0. The highest BCUT2D eigenvalue weighted by atomic mass is 14.9. The number of hydrogen-bond acceptors (Lipinski definition) is 2. The van der Waals surface area contributed by atoms with E-state index in [1.165, 1.54) is 73.9 Å². The number of anilines is 2. The lowest BCUT2D eigenvalue weighted by Gasteiger charge is -2.09. The van der Waals surface area contributed by atoms with Gasteiger partial charge in [0.05, 0.1) is 0 Å². The van der Waals surface area contributed by atoms with Crippen LogP contribution in [0.3, 0.4) is 0 Å². The van der Waals surface area contributed by atoms with Gasteiger partial charge in [-0.2, -0.15) is 0 Å². The van der Waals surface area contributed by atoms with E-state index in [0.29, 0.717) is 0 Å². The molecule has 2 N–H and O–H groups in total. The molecule has 0 aliphatic heterocycles. The van der Waals surface area contributed by atoms with Crippen LogP contribution in [0.4, 0.5) is 11.4 Å². The van der Waals surface area contributed by atoms with E-state index in [-0.39, 0.29) is 0 Å². The Morgan fingerprint density at radius 3 is 1.23 bits per heavy atom. The van der Waals surface area contributed by atoms with E-state index in [1.807, 2.05) is 0 Å². The summed E-state index contributed by atoms with van der Waals surface area (Å²) in [7, 11) is 0. The first-order chi connectivity index (χ1) is 12.8. The van der Waals surface area contributed by atoms with Crippen molar-refractivity contribution < 1.29 is 0 Å². The molecule has 0 heterocycles. The molecule has 0 atom stereocenters. The Kier molecular flexibility index (Phi) is 9.71. The molecule has 0 aliphatic carbocycles. The SMILES string of the molecule is CCCCCCNc1ccc(-c2ccc(NCCCCCC)cc2)cc1. The largest absolute Gasteiger partial charge is 0.385 e. The van der Waals surface area contributed by atoms with E-state index in [0.717, 1.165) is 13.1 Å². The lowest BCUT2D eigenvalue weighted by Crippen LogP contribution is -2.01. The zero-order chi connectivity index (χ0) is 18.5. The van der Waals surface area contributed by atoms with Gasteiger partial charge >= 0.3 is 0 Å². The molecular formula is C24H36N2. The Balaban J connectivity index is 1.77. The lowest BCUT2D eigenvalue weighted by molar-refractivity contribution is 0.685. The van der Waals surface area contributed by atoms with Gasteiger partial charge in [-0.3, -0.25) is 0 Å². The number of unbranched alkanes of at least 4 members (excludes halogenated alkanes) is 6. The summed E-state index contributed by atoms with van der Waals surface area (Å²) in [5.41, 5.74) is 4.98. The maximum Gasteiger partial charge on any atom is 0.0340 e. The molecule has 0 aromatic heterocycles. The van der Waals surface area contributed by atoms with Crippen molar-refractivity contribution in [1.82, 2.24) is 0 Å². The topological polar surface area (TPSA) is 24.1 Å². The molecule has 2 rings (SSSR count). The number of rotatable bonds is 13. The van der Waals surface area contributed by atoms with Gasteiger partial charge in [-0.1, -0.05) is 76.6 Å². The smallest absolute Gasteiger partial charge is 0.0340 e. The van der Waals surface area contributed by atoms with E-state index in [1.54, 1.807) is 0 Å². The van der Waals surface area contributed by atoms with Gasteiger partial charge < -0.3 is 10.6 Å². The second kappa shape index (κ2) is 12.4. The first-order valence-corrected chi connectivity index (χ1v) is 10.5. The van der Waals surface area contributed by atoms with Gasteiger partial charge in [0.25, 0.3) is 0 Å². The fourth-order valence-corrected chi connectivity index (χ4v) is 3.13. The Morgan fingerprint density at radius 2 is 0.885 bits per heavy atom. The molecular weight excluding hydrogens is 316 g/mol. The zero-order valence-corrected chi connectivity index (χ0v) is 16.7. The Bertz CT molecular complexity index is 531. The number of nitrogens with one attached hydrogen (secondary N) is 2. The molecule has 0 aliphatic rings. The molecule has 0 amide bonds. The molecule has 0 fully saturated rings. The minimum atomic E-state index is 1.07. The van der Waals surface area contributed by atoms with Crippen LogP contribution in [0, 0.1) is 0 Å². The number of benzene rings is 2. The van der Waals surface area contributed by atoms with Crippen LogP contribution in [0.25, 0.3) is 11.1 Å². The molecule has 2 aromatic carbocycles. The number of hydrogen-bond donors (Lipinski definition) is 2. The quantitative estimate of drug-likeness (QED) is 0.368. The van der Waals surface area contributed by atoms with Crippen molar-refractivity contribution in [2.24, 2.45) is 0 Å². The summed E-state index contributed by atoms with van der Waals surface area (Å²) >= 11 is 0. The third kappa shape index (κ3) is 7.51. The summed E-state index contributed by atoms with van der Waals surface area (Å²) in [6.07, 6.45) is 10.4. The van der Waals surface area contributed by atoms with Crippen molar-refractivity contribution in [3.63, 3.8) is 0 Å². The third-order valence-corrected chi connectivity index (χ3v) is 4.82. The Morgan fingerprint density at radius 1 is 0.500 bits per heavy atom. The van der Waals surface area contributed by atoms with Gasteiger partial charge in [0.2, 0.25) is 0 Å². The van der Waals surface area contributed by atoms with Crippen LogP contribution in [-0.4, -0.2) is 13.1 Å².